The lowest BCUT2D eigenvalue weighted by atomic mass is 9.97. The second-order valence-electron chi connectivity index (χ2n) is 11.3. The number of carboxylic acids is 1. The number of carboxylic acid groups (broad SMARTS) is 1. The first-order chi connectivity index (χ1) is 20.0. The molecule has 5 rings (SSSR count). The van der Waals surface area contributed by atoms with E-state index in [0.717, 1.165) is 36.9 Å². The number of aryl methyl sites for hydroxylation is 1. The van der Waals surface area contributed by atoms with Gasteiger partial charge in [0.15, 0.2) is 5.78 Å². The van der Waals surface area contributed by atoms with Crippen LogP contribution in [0.2, 0.25) is 0 Å². The molecule has 3 aromatic rings. The van der Waals surface area contributed by atoms with E-state index in [1.54, 1.807) is 6.07 Å². The van der Waals surface area contributed by atoms with E-state index >= 15 is 0 Å². The zero-order valence-corrected chi connectivity index (χ0v) is 24.5. The van der Waals surface area contributed by atoms with Gasteiger partial charge in [-0.1, -0.05) is 19.1 Å². The number of benzene rings is 1. The van der Waals surface area contributed by atoms with Gasteiger partial charge in [0.1, 0.15) is 16.5 Å². The Balaban J connectivity index is 1.35. The van der Waals surface area contributed by atoms with Gasteiger partial charge >= 0.3 is 12.1 Å². The molecule has 2 aromatic heterocycles. The summed E-state index contributed by atoms with van der Waals surface area (Å²) in [5, 5.41) is 9.73. The minimum Gasteiger partial charge on any atom is -0.481 e. The van der Waals surface area contributed by atoms with Crippen molar-refractivity contribution in [3.05, 3.63) is 57.3 Å². The van der Waals surface area contributed by atoms with Gasteiger partial charge in [0.05, 0.1) is 36.0 Å². The maximum Gasteiger partial charge on any atom is 0.416 e. The van der Waals surface area contributed by atoms with Gasteiger partial charge in [0.2, 0.25) is 0 Å². The number of carbonyl (C=O) groups excluding carboxylic acids is 1. The summed E-state index contributed by atoms with van der Waals surface area (Å²) < 4.78 is 41.1. The predicted molar refractivity (Wildman–Crippen MR) is 154 cm³/mol. The van der Waals surface area contributed by atoms with E-state index in [9.17, 15) is 27.9 Å². The normalized spacial score (nSPS) is 17.5. The number of ketones is 1. The number of hydrogen-bond donors (Lipinski definition) is 1. The Morgan fingerprint density at radius 1 is 1.05 bits per heavy atom. The monoisotopic (exact) mass is 601 g/mol. The Kier molecular flexibility index (Phi) is 8.93. The number of hydrogen-bond acceptors (Lipinski definition) is 8. The highest BCUT2D eigenvalue weighted by Gasteiger charge is 2.33. The second kappa shape index (κ2) is 12.5. The van der Waals surface area contributed by atoms with Gasteiger partial charge < -0.3 is 10.0 Å². The molecule has 2 fully saturated rings. The molecule has 0 aliphatic carbocycles. The smallest absolute Gasteiger partial charge is 0.416 e. The Labute approximate surface area is 246 Å². The molecule has 0 unspecified atom stereocenters. The summed E-state index contributed by atoms with van der Waals surface area (Å²) in [5.41, 5.74) is 0.511. The summed E-state index contributed by atoms with van der Waals surface area (Å²) in [6, 6.07) is 4.29. The van der Waals surface area contributed by atoms with E-state index in [1.807, 2.05) is 4.90 Å². The van der Waals surface area contributed by atoms with Crippen LogP contribution in [0.4, 0.5) is 19.0 Å². The highest BCUT2D eigenvalue weighted by atomic mass is 32.1. The number of likely N-dealkylation sites (tertiary alicyclic amines) is 1. The van der Waals surface area contributed by atoms with E-state index in [0.29, 0.717) is 60.5 Å². The van der Waals surface area contributed by atoms with Gasteiger partial charge in [0, 0.05) is 30.1 Å². The van der Waals surface area contributed by atoms with Gasteiger partial charge in [-0.2, -0.15) is 13.2 Å². The first kappa shape index (κ1) is 30.1. The Morgan fingerprint density at radius 2 is 1.76 bits per heavy atom. The number of thiazole rings is 1. The molecule has 0 amide bonds. The van der Waals surface area contributed by atoms with Gasteiger partial charge in [-0.3, -0.25) is 14.5 Å². The van der Waals surface area contributed by atoms with Crippen LogP contribution in [0.1, 0.15) is 64.1 Å². The second-order valence-corrected chi connectivity index (χ2v) is 12.5. The zero-order valence-electron chi connectivity index (χ0n) is 23.7. The van der Waals surface area contributed by atoms with Gasteiger partial charge in [0.25, 0.3) is 0 Å². The standard InChI is InChI=1S/C30H34F3N5O3S/c1-18-5-9-37(10-6-18)17-25-28(21-4-3-19(2)22(13-21)30(31,32)33)36-27(42-25)14-24(39)23-15-35-26(16-34-23)38-11-7-20(8-12-38)29(40)41/h3-4,13,15-16,18,20H,5-12,14,17H2,1-2H3,(H,40,41). The quantitative estimate of drug-likeness (QED) is 0.320. The third-order valence-electron chi connectivity index (χ3n) is 8.21. The summed E-state index contributed by atoms with van der Waals surface area (Å²) in [6.07, 6.45) is 1.60. The summed E-state index contributed by atoms with van der Waals surface area (Å²) in [7, 11) is 0. The molecule has 2 aliphatic rings. The molecule has 2 saturated heterocycles. The molecule has 0 radical (unpaired) electrons. The van der Waals surface area contributed by atoms with Crippen LogP contribution in [0, 0.1) is 18.8 Å². The SMILES string of the molecule is Cc1ccc(-c2nc(CC(=O)c3cnc(N4CCC(C(=O)O)CC4)cn3)sc2CN2CCC(C)CC2)cc1C(F)(F)F. The number of Topliss-reactive ketones (excluding diaryl/α,β-unsaturated/α-hetero) is 1. The lowest BCUT2D eigenvalue weighted by Gasteiger charge is -2.30. The van der Waals surface area contributed by atoms with Crippen LogP contribution in [0.15, 0.2) is 30.6 Å². The molecule has 12 heteroatoms. The molecule has 0 spiro atoms. The number of aliphatic carboxylic acids is 1. The van der Waals surface area contributed by atoms with E-state index < -0.39 is 17.7 Å². The number of aromatic nitrogens is 3. The Morgan fingerprint density at radius 3 is 2.38 bits per heavy atom. The fraction of sp³-hybridized carbons (Fsp3) is 0.500. The molecular formula is C30H34F3N5O3S. The molecule has 8 nitrogen and oxygen atoms in total. The maximum absolute atomic E-state index is 13.7. The molecular weight excluding hydrogens is 567 g/mol. The van der Waals surface area contributed by atoms with E-state index in [4.69, 9.17) is 4.98 Å². The topological polar surface area (TPSA) is 99.5 Å². The van der Waals surface area contributed by atoms with Gasteiger partial charge in [-0.25, -0.2) is 15.0 Å². The lowest BCUT2D eigenvalue weighted by Crippen LogP contribution is -2.36. The van der Waals surface area contributed by atoms with E-state index in [-0.39, 0.29) is 29.4 Å². The van der Waals surface area contributed by atoms with Crippen molar-refractivity contribution in [2.75, 3.05) is 31.1 Å². The van der Waals surface area contributed by atoms with Crippen molar-refractivity contribution in [3.8, 4) is 11.3 Å². The summed E-state index contributed by atoms with van der Waals surface area (Å²) in [5.74, 6) is -0.196. The molecule has 0 saturated carbocycles. The Hall–Kier alpha value is -3.38. The van der Waals surface area contributed by atoms with Crippen molar-refractivity contribution in [2.45, 2.75) is 58.7 Å². The van der Waals surface area contributed by atoms with E-state index in [2.05, 4.69) is 21.8 Å². The summed E-state index contributed by atoms with van der Waals surface area (Å²) in [6.45, 7) is 7.15. The van der Waals surface area contributed by atoms with Crippen LogP contribution in [-0.4, -0.2) is 62.9 Å². The maximum atomic E-state index is 13.7. The minimum absolute atomic E-state index is 0.0370. The van der Waals surface area contributed by atoms with Crippen LogP contribution in [0.3, 0.4) is 0 Å². The van der Waals surface area contributed by atoms with Crippen molar-refractivity contribution >= 4 is 28.9 Å². The number of alkyl halides is 3. The van der Waals surface area contributed by atoms with Crippen molar-refractivity contribution < 1.29 is 27.9 Å². The predicted octanol–water partition coefficient (Wildman–Crippen LogP) is 5.89. The molecule has 2 aliphatic heterocycles. The zero-order chi connectivity index (χ0) is 30.0. The molecule has 42 heavy (non-hydrogen) atoms. The van der Waals surface area contributed by atoms with Crippen LogP contribution >= 0.6 is 11.3 Å². The number of nitrogens with zero attached hydrogens (tertiary/aromatic N) is 5. The fourth-order valence-electron chi connectivity index (χ4n) is 5.52. The number of rotatable bonds is 8. The van der Waals surface area contributed by atoms with Gasteiger partial charge in [-0.05, 0) is 63.2 Å². The molecule has 0 bridgehead atoms. The fourth-order valence-corrected chi connectivity index (χ4v) is 6.65. The van der Waals surface area contributed by atoms with Crippen LogP contribution in [-0.2, 0) is 23.9 Å². The highest BCUT2D eigenvalue weighted by molar-refractivity contribution is 7.12. The largest absolute Gasteiger partial charge is 0.481 e. The molecule has 4 heterocycles. The van der Waals surface area contributed by atoms with Crippen LogP contribution in [0.5, 0.6) is 0 Å². The molecule has 224 valence electrons. The minimum atomic E-state index is -4.48. The summed E-state index contributed by atoms with van der Waals surface area (Å²) >= 11 is 1.36. The number of piperidine rings is 2. The first-order valence-corrected chi connectivity index (χ1v) is 15.0. The molecule has 1 N–H and O–H groups in total. The molecule has 1 aromatic carbocycles. The van der Waals surface area contributed by atoms with Crippen molar-refractivity contribution in [3.63, 3.8) is 0 Å². The average Bonchev–Trinajstić information content (AvgIpc) is 3.35. The third-order valence-corrected chi connectivity index (χ3v) is 9.25. The first-order valence-electron chi connectivity index (χ1n) is 14.2. The number of halogens is 3. The number of anilines is 1. The molecule has 0 atom stereocenters. The third kappa shape index (κ3) is 6.97. The summed E-state index contributed by atoms with van der Waals surface area (Å²) in [4.78, 5) is 42.9. The average molecular weight is 602 g/mol. The number of carbonyl (C=O) groups is 2. The van der Waals surface area contributed by atoms with Crippen LogP contribution in [0.25, 0.3) is 11.3 Å². The van der Waals surface area contributed by atoms with Crippen molar-refractivity contribution in [1.82, 2.24) is 19.9 Å². The lowest BCUT2D eigenvalue weighted by molar-refractivity contribution is -0.142. The van der Waals surface area contributed by atoms with Crippen LogP contribution < -0.4 is 4.90 Å². The Bertz CT molecular complexity index is 1430. The van der Waals surface area contributed by atoms with E-state index in [1.165, 1.54) is 36.7 Å². The van der Waals surface area contributed by atoms with Crippen molar-refractivity contribution in [2.24, 2.45) is 11.8 Å². The van der Waals surface area contributed by atoms with Gasteiger partial charge in [-0.15, -0.1) is 11.3 Å². The highest BCUT2D eigenvalue weighted by Crippen LogP contribution is 2.37. The van der Waals surface area contributed by atoms with Crippen molar-refractivity contribution in [1.29, 1.82) is 0 Å².